The van der Waals surface area contributed by atoms with Gasteiger partial charge in [0, 0.05) is 13.0 Å². The summed E-state index contributed by atoms with van der Waals surface area (Å²) >= 11 is 0. The van der Waals surface area contributed by atoms with Crippen LogP contribution in [0.5, 0.6) is 5.75 Å². The van der Waals surface area contributed by atoms with E-state index in [-0.39, 0.29) is 23.6 Å². The quantitative estimate of drug-likeness (QED) is 0.829. The molecule has 1 fully saturated rings. The van der Waals surface area contributed by atoms with Crippen LogP contribution < -0.4 is 4.74 Å². The summed E-state index contributed by atoms with van der Waals surface area (Å²) in [5, 5.41) is 0. The number of rotatable bonds is 2. The first kappa shape index (κ1) is 16.3. The Hall–Kier alpha value is -2.18. The first-order chi connectivity index (χ1) is 11.9. The zero-order valence-corrected chi connectivity index (χ0v) is 14.8. The van der Waals surface area contributed by atoms with Crippen molar-refractivity contribution < 1.29 is 17.9 Å². The molecule has 4 rings (SSSR count). The lowest BCUT2D eigenvalue weighted by atomic mass is 9.89. The van der Waals surface area contributed by atoms with Crippen LogP contribution in [0, 0.1) is 6.92 Å². The van der Waals surface area contributed by atoms with Gasteiger partial charge in [0.25, 0.3) is 0 Å². The Kier molecular flexibility index (Phi) is 3.70. The minimum atomic E-state index is -3.59. The second-order valence-corrected chi connectivity index (χ2v) is 8.72. The van der Waals surface area contributed by atoms with E-state index in [1.54, 1.807) is 36.4 Å². The van der Waals surface area contributed by atoms with E-state index < -0.39 is 15.6 Å². The molecular weight excluding hydrogens is 338 g/mol. The minimum Gasteiger partial charge on any atom is -0.485 e. The summed E-state index contributed by atoms with van der Waals surface area (Å²) in [6.45, 7) is 2.42. The fourth-order valence-corrected chi connectivity index (χ4v) is 5.23. The van der Waals surface area contributed by atoms with Crippen molar-refractivity contribution in [2.45, 2.75) is 30.3 Å². The van der Waals surface area contributed by atoms with Crippen molar-refractivity contribution in [2.24, 2.45) is 0 Å². The van der Waals surface area contributed by atoms with Crippen LogP contribution in [-0.4, -0.2) is 37.2 Å². The van der Waals surface area contributed by atoms with Crippen LogP contribution in [0.25, 0.3) is 0 Å². The summed E-state index contributed by atoms with van der Waals surface area (Å²) < 4.78 is 33.4. The lowest BCUT2D eigenvalue weighted by Gasteiger charge is -2.34. The summed E-state index contributed by atoms with van der Waals surface area (Å²) in [5.41, 5.74) is 0.712. The van der Waals surface area contributed by atoms with Gasteiger partial charge in [-0.3, -0.25) is 4.79 Å². The van der Waals surface area contributed by atoms with Crippen molar-refractivity contribution in [3.8, 4) is 5.75 Å². The van der Waals surface area contributed by atoms with Gasteiger partial charge in [-0.2, -0.15) is 4.31 Å². The third-order valence-electron chi connectivity index (χ3n) is 4.91. The van der Waals surface area contributed by atoms with E-state index in [0.717, 1.165) is 5.56 Å². The molecule has 0 saturated carbocycles. The average molecular weight is 357 g/mol. The maximum absolute atomic E-state index is 12.9. The van der Waals surface area contributed by atoms with Gasteiger partial charge in [-0.05, 0) is 36.8 Å². The summed E-state index contributed by atoms with van der Waals surface area (Å²) in [4.78, 5) is 12.8. The number of sulfonamides is 1. The number of benzene rings is 2. The van der Waals surface area contributed by atoms with Crippen LogP contribution in [0.2, 0.25) is 0 Å². The number of ketones is 1. The molecule has 1 saturated heterocycles. The average Bonchev–Trinajstić information content (AvgIpc) is 2.99. The van der Waals surface area contributed by atoms with E-state index in [9.17, 15) is 13.2 Å². The van der Waals surface area contributed by atoms with Crippen LogP contribution >= 0.6 is 0 Å². The fourth-order valence-electron chi connectivity index (χ4n) is 3.61. The summed E-state index contributed by atoms with van der Waals surface area (Å²) in [6, 6.07) is 14.0. The highest BCUT2D eigenvalue weighted by atomic mass is 32.2. The van der Waals surface area contributed by atoms with E-state index in [0.29, 0.717) is 24.3 Å². The van der Waals surface area contributed by atoms with Gasteiger partial charge in [0.1, 0.15) is 11.4 Å². The molecule has 2 aromatic rings. The number of fused-ring (bicyclic) bond motifs is 1. The van der Waals surface area contributed by atoms with Gasteiger partial charge in [-0.25, -0.2) is 8.42 Å². The molecule has 0 aliphatic carbocycles. The number of carbonyl (C=O) groups is 1. The van der Waals surface area contributed by atoms with Crippen molar-refractivity contribution in [1.29, 1.82) is 0 Å². The Morgan fingerprint density at radius 3 is 2.72 bits per heavy atom. The first-order valence-corrected chi connectivity index (χ1v) is 9.72. The van der Waals surface area contributed by atoms with Gasteiger partial charge in [0.15, 0.2) is 5.78 Å². The molecule has 25 heavy (non-hydrogen) atoms. The summed E-state index contributed by atoms with van der Waals surface area (Å²) in [7, 11) is -3.59. The van der Waals surface area contributed by atoms with Crippen LogP contribution in [0.4, 0.5) is 0 Å². The van der Waals surface area contributed by atoms with Gasteiger partial charge in [0.05, 0.1) is 23.4 Å². The fraction of sp³-hybridized carbons (Fsp3) is 0.316. The molecule has 2 aliphatic rings. The smallest absolute Gasteiger partial charge is 0.243 e. The third-order valence-corrected chi connectivity index (χ3v) is 6.75. The third kappa shape index (κ3) is 2.75. The number of hydrogen-bond donors (Lipinski definition) is 0. The molecule has 2 aliphatic heterocycles. The molecule has 0 radical (unpaired) electrons. The zero-order chi connectivity index (χ0) is 17.7. The molecule has 0 N–H and O–H groups in total. The Morgan fingerprint density at radius 1 is 1.12 bits per heavy atom. The van der Waals surface area contributed by atoms with Gasteiger partial charge >= 0.3 is 0 Å². The highest BCUT2D eigenvalue weighted by molar-refractivity contribution is 7.89. The number of ether oxygens (including phenoxy) is 1. The van der Waals surface area contributed by atoms with Crippen LogP contribution in [0.1, 0.15) is 28.8 Å². The Morgan fingerprint density at radius 2 is 1.92 bits per heavy atom. The van der Waals surface area contributed by atoms with Gasteiger partial charge in [-0.15, -0.1) is 0 Å². The molecule has 2 aromatic carbocycles. The molecule has 5 nitrogen and oxygen atoms in total. The van der Waals surface area contributed by atoms with E-state index in [2.05, 4.69) is 0 Å². The molecule has 2 heterocycles. The number of nitrogens with zero attached hydrogens (tertiary/aromatic N) is 1. The maximum Gasteiger partial charge on any atom is 0.243 e. The lowest BCUT2D eigenvalue weighted by molar-refractivity contribution is 0.0498. The Bertz CT molecular complexity index is 953. The molecule has 1 unspecified atom stereocenters. The molecule has 0 aromatic heterocycles. The Labute approximate surface area is 147 Å². The first-order valence-electron chi connectivity index (χ1n) is 8.28. The molecule has 6 heteroatoms. The number of carbonyl (C=O) groups excluding carboxylic acids is 1. The second-order valence-electron chi connectivity index (χ2n) is 6.79. The zero-order valence-electron chi connectivity index (χ0n) is 13.9. The Balaban J connectivity index is 1.63. The van der Waals surface area contributed by atoms with E-state index in [1.807, 2.05) is 19.1 Å². The summed E-state index contributed by atoms with van der Waals surface area (Å²) in [5.74, 6) is 0.560. The number of hydrogen-bond acceptors (Lipinski definition) is 4. The van der Waals surface area contributed by atoms with Crippen LogP contribution in [-0.2, 0) is 10.0 Å². The van der Waals surface area contributed by atoms with Crippen molar-refractivity contribution in [3.05, 3.63) is 59.7 Å². The standard InChI is InChI=1S/C19H19NO4S/c1-14-5-4-6-15(11-14)25(22,23)20-10-9-19(13-20)12-17(21)16-7-2-3-8-18(16)24-19/h2-8,11H,9-10,12-13H2,1H3. The number of aryl methyl sites for hydroxylation is 1. The molecular formula is C19H19NO4S. The molecule has 1 spiro atoms. The molecule has 0 amide bonds. The van der Waals surface area contributed by atoms with Gasteiger partial charge in [-0.1, -0.05) is 24.3 Å². The van der Waals surface area contributed by atoms with Crippen molar-refractivity contribution in [2.75, 3.05) is 13.1 Å². The van der Waals surface area contributed by atoms with E-state index in [1.165, 1.54) is 4.31 Å². The van der Waals surface area contributed by atoms with Gasteiger partial charge < -0.3 is 4.74 Å². The predicted octanol–water partition coefficient (Wildman–Crippen LogP) is 2.79. The maximum atomic E-state index is 12.9. The summed E-state index contributed by atoms with van der Waals surface area (Å²) in [6.07, 6.45) is 0.724. The normalized spacial score (nSPS) is 23.5. The molecule has 1 atom stereocenters. The number of para-hydroxylation sites is 1. The van der Waals surface area contributed by atoms with Crippen LogP contribution in [0.3, 0.4) is 0 Å². The van der Waals surface area contributed by atoms with E-state index in [4.69, 9.17) is 4.74 Å². The highest BCUT2D eigenvalue weighted by Gasteiger charge is 2.48. The van der Waals surface area contributed by atoms with Crippen molar-refractivity contribution in [1.82, 2.24) is 4.31 Å². The van der Waals surface area contributed by atoms with Crippen molar-refractivity contribution >= 4 is 15.8 Å². The largest absolute Gasteiger partial charge is 0.485 e. The van der Waals surface area contributed by atoms with Crippen molar-refractivity contribution in [3.63, 3.8) is 0 Å². The highest BCUT2D eigenvalue weighted by Crippen LogP contribution is 2.40. The predicted molar refractivity (Wildman–Crippen MR) is 93.3 cm³/mol. The van der Waals surface area contributed by atoms with E-state index >= 15 is 0 Å². The number of Topliss-reactive ketones (excluding diaryl/α,β-unsaturated/α-hetero) is 1. The minimum absolute atomic E-state index is 0.0108. The molecule has 130 valence electrons. The van der Waals surface area contributed by atoms with Crippen LogP contribution in [0.15, 0.2) is 53.4 Å². The lowest BCUT2D eigenvalue weighted by Crippen LogP contribution is -2.45. The monoisotopic (exact) mass is 357 g/mol. The SMILES string of the molecule is Cc1cccc(S(=O)(=O)N2CCC3(CC(=O)c4ccccc4O3)C2)c1. The second kappa shape index (κ2) is 5.68. The molecule has 0 bridgehead atoms. The van der Waals surface area contributed by atoms with Gasteiger partial charge in [0.2, 0.25) is 10.0 Å². The topological polar surface area (TPSA) is 63.7 Å².